The Hall–Kier alpha value is -3.20. The van der Waals surface area contributed by atoms with E-state index in [4.69, 9.17) is 0 Å². The molecule has 1 atom stereocenters. The Morgan fingerprint density at radius 1 is 1.21 bits per heavy atom. The molecule has 1 aromatic heterocycles. The van der Waals surface area contributed by atoms with Gasteiger partial charge in [-0.15, -0.1) is 0 Å². The zero-order valence-corrected chi connectivity index (χ0v) is 15.9. The van der Waals surface area contributed by atoms with E-state index in [2.05, 4.69) is 26.1 Å². The first kappa shape index (κ1) is 17.9. The van der Waals surface area contributed by atoms with Gasteiger partial charge in [0.15, 0.2) is 5.82 Å². The monoisotopic (exact) mass is 394 g/mol. The summed E-state index contributed by atoms with van der Waals surface area (Å²) >= 11 is 0. The molecular weight excluding hydrogens is 372 g/mol. The first-order valence-corrected chi connectivity index (χ1v) is 9.87. The molecule has 1 fully saturated rings. The van der Waals surface area contributed by atoms with Gasteiger partial charge >= 0.3 is 0 Å². The van der Waals surface area contributed by atoms with E-state index in [1.165, 1.54) is 5.56 Å². The number of fused-ring (bicyclic) bond motifs is 2. The number of carbonyl (C=O) groups excluding carboxylic acids is 3. The highest BCUT2D eigenvalue weighted by molar-refractivity contribution is 6.05. The van der Waals surface area contributed by atoms with Gasteiger partial charge in [0.1, 0.15) is 6.04 Å². The third-order valence-corrected chi connectivity index (χ3v) is 5.86. The SMILES string of the molecule is O=C1CCC(N2Cc3ccc(CNc4n[nH]c5c4CCNC5)cc3C2=O)C(=O)N1. The van der Waals surface area contributed by atoms with Gasteiger partial charge in [0.05, 0.1) is 5.69 Å². The molecule has 0 saturated carbocycles. The summed E-state index contributed by atoms with van der Waals surface area (Å²) in [7, 11) is 0. The zero-order valence-electron chi connectivity index (χ0n) is 15.9. The number of benzene rings is 1. The number of rotatable bonds is 4. The molecule has 3 aliphatic heterocycles. The maximum absolute atomic E-state index is 12.9. The van der Waals surface area contributed by atoms with Crippen LogP contribution in [-0.2, 0) is 35.6 Å². The molecule has 3 aliphatic rings. The molecule has 9 heteroatoms. The van der Waals surface area contributed by atoms with Crippen molar-refractivity contribution in [2.24, 2.45) is 0 Å². The second-order valence-corrected chi connectivity index (χ2v) is 7.70. The number of anilines is 1. The average molecular weight is 394 g/mol. The van der Waals surface area contributed by atoms with Crippen molar-refractivity contribution >= 4 is 23.5 Å². The maximum Gasteiger partial charge on any atom is 0.255 e. The van der Waals surface area contributed by atoms with Gasteiger partial charge in [-0.05, 0) is 36.6 Å². The van der Waals surface area contributed by atoms with Crippen molar-refractivity contribution in [3.05, 3.63) is 46.1 Å². The highest BCUT2D eigenvalue weighted by Gasteiger charge is 2.39. The molecule has 0 aliphatic carbocycles. The van der Waals surface area contributed by atoms with Crippen LogP contribution in [0.15, 0.2) is 18.2 Å². The van der Waals surface area contributed by atoms with Crippen molar-refractivity contribution in [1.29, 1.82) is 0 Å². The van der Waals surface area contributed by atoms with Gasteiger partial charge in [0.25, 0.3) is 5.91 Å². The predicted molar refractivity (Wildman–Crippen MR) is 104 cm³/mol. The number of hydrogen-bond acceptors (Lipinski definition) is 6. The summed E-state index contributed by atoms with van der Waals surface area (Å²) in [5, 5.41) is 16.4. The Balaban J connectivity index is 1.30. The lowest BCUT2D eigenvalue weighted by molar-refractivity contribution is -0.136. The Morgan fingerprint density at radius 3 is 2.97 bits per heavy atom. The zero-order chi connectivity index (χ0) is 20.0. The van der Waals surface area contributed by atoms with Crippen LogP contribution in [0.25, 0.3) is 0 Å². The molecule has 9 nitrogen and oxygen atoms in total. The number of aromatic nitrogens is 2. The highest BCUT2D eigenvalue weighted by atomic mass is 16.2. The van der Waals surface area contributed by atoms with Crippen molar-refractivity contribution < 1.29 is 14.4 Å². The minimum atomic E-state index is -0.585. The standard InChI is InChI=1S/C20H22N6O3/c27-17-4-3-16(19(28)23-17)26-10-12-2-1-11(7-14(12)20(26)29)8-22-18-13-5-6-21-9-15(13)24-25-18/h1-2,7,16,21H,3-6,8-10H2,(H2,22,24,25)(H,23,27,28). The van der Waals surface area contributed by atoms with Crippen LogP contribution in [0.1, 0.15) is 45.6 Å². The third kappa shape index (κ3) is 3.17. The van der Waals surface area contributed by atoms with E-state index in [0.717, 1.165) is 42.1 Å². The largest absolute Gasteiger partial charge is 0.364 e. The Bertz CT molecular complexity index is 1010. The first-order chi connectivity index (χ1) is 14.1. The van der Waals surface area contributed by atoms with Crippen LogP contribution in [0.5, 0.6) is 0 Å². The fourth-order valence-corrected chi connectivity index (χ4v) is 4.29. The highest BCUT2D eigenvalue weighted by Crippen LogP contribution is 2.28. The number of nitrogens with one attached hydrogen (secondary N) is 4. The van der Waals surface area contributed by atoms with E-state index >= 15 is 0 Å². The van der Waals surface area contributed by atoms with E-state index in [1.54, 1.807) is 4.90 Å². The average Bonchev–Trinajstić information content (AvgIpc) is 3.28. The van der Waals surface area contributed by atoms with Crippen molar-refractivity contribution in [3.63, 3.8) is 0 Å². The van der Waals surface area contributed by atoms with Crippen molar-refractivity contribution in [3.8, 4) is 0 Å². The van der Waals surface area contributed by atoms with Crippen molar-refractivity contribution in [2.75, 3.05) is 11.9 Å². The summed E-state index contributed by atoms with van der Waals surface area (Å²) in [6.07, 6.45) is 1.56. The van der Waals surface area contributed by atoms with Crippen LogP contribution in [-0.4, -0.2) is 45.4 Å². The minimum Gasteiger partial charge on any atom is -0.364 e. The summed E-state index contributed by atoms with van der Waals surface area (Å²) in [5.41, 5.74) is 4.84. The van der Waals surface area contributed by atoms with Gasteiger partial charge in [0, 0.05) is 37.2 Å². The van der Waals surface area contributed by atoms with E-state index in [9.17, 15) is 14.4 Å². The first-order valence-electron chi connectivity index (χ1n) is 9.87. The molecule has 1 saturated heterocycles. The van der Waals surface area contributed by atoms with E-state index < -0.39 is 6.04 Å². The molecule has 1 unspecified atom stereocenters. The molecule has 4 heterocycles. The number of amides is 3. The third-order valence-electron chi connectivity index (χ3n) is 5.86. The lowest BCUT2D eigenvalue weighted by Crippen LogP contribution is -2.52. The quantitative estimate of drug-likeness (QED) is 0.559. The molecule has 2 aromatic rings. The van der Waals surface area contributed by atoms with Crippen LogP contribution in [0.2, 0.25) is 0 Å². The van der Waals surface area contributed by atoms with Gasteiger partial charge in [-0.1, -0.05) is 12.1 Å². The lowest BCUT2D eigenvalue weighted by atomic mass is 10.0. The molecule has 5 rings (SSSR count). The maximum atomic E-state index is 12.9. The summed E-state index contributed by atoms with van der Waals surface area (Å²) in [6, 6.07) is 5.24. The second-order valence-electron chi connectivity index (χ2n) is 7.70. The molecule has 150 valence electrons. The molecule has 0 spiro atoms. The molecule has 4 N–H and O–H groups in total. The number of aromatic amines is 1. The number of imide groups is 1. The van der Waals surface area contributed by atoms with Crippen LogP contribution in [0.4, 0.5) is 5.82 Å². The van der Waals surface area contributed by atoms with E-state index in [-0.39, 0.29) is 24.1 Å². The van der Waals surface area contributed by atoms with Gasteiger partial charge in [0.2, 0.25) is 11.8 Å². The summed E-state index contributed by atoms with van der Waals surface area (Å²) in [6.45, 7) is 2.69. The topological polar surface area (TPSA) is 119 Å². The summed E-state index contributed by atoms with van der Waals surface area (Å²) in [4.78, 5) is 38.0. The van der Waals surface area contributed by atoms with Gasteiger partial charge in [-0.25, -0.2) is 0 Å². The smallest absolute Gasteiger partial charge is 0.255 e. The van der Waals surface area contributed by atoms with Crippen molar-refractivity contribution in [1.82, 2.24) is 25.7 Å². The fraction of sp³-hybridized carbons (Fsp3) is 0.400. The number of piperidine rings is 1. The predicted octanol–water partition coefficient (Wildman–Crippen LogP) is 0.429. The number of carbonyl (C=O) groups is 3. The van der Waals surface area contributed by atoms with Gasteiger partial charge < -0.3 is 15.5 Å². The minimum absolute atomic E-state index is 0.153. The Kier molecular flexibility index (Phi) is 4.31. The molecule has 3 amide bonds. The summed E-state index contributed by atoms with van der Waals surface area (Å²) < 4.78 is 0. The van der Waals surface area contributed by atoms with Crippen LogP contribution < -0.4 is 16.0 Å². The van der Waals surface area contributed by atoms with E-state index in [1.807, 2.05) is 18.2 Å². The Labute approximate surface area is 167 Å². The van der Waals surface area contributed by atoms with Gasteiger partial charge in [-0.2, -0.15) is 5.10 Å². The van der Waals surface area contributed by atoms with Crippen LogP contribution >= 0.6 is 0 Å². The molecule has 0 radical (unpaired) electrons. The van der Waals surface area contributed by atoms with Gasteiger partial charge in [-0.3, -0.25) is 24.8 Å². The number of nitrogens with zero attached hydrogens (tertiary/aromatic N) is 2. The van der Waals surface area contributed by atoms with E-state index in [0.29, 0.717) is 25.1 Å². The number of hydrogen-bond donors (Lipinski definition) is 4. The lowest BCUT2D eigenvalue weighted by Gasteiger charge is -2.29. The van der Waals surface area contributed by atoms with Crippen molar-refractivity contribution in [2.45, 2.75) is 44.9 Å². The molecule has 1 aromatic carbocycles. The summed E-state index contributed by atoms with van der Waals surface area (Å²) in [5.74, 6) is 0.0419. The van der Waals surface area contributed by atoms with Crippen LogP contribution in [0.3, 0.4) is 0 Å². The Morgan fingerprint density at radius 2 is 2.10 bits per heavy atom. The molecule has 29 heavy (non-hydrogen) atoms. The van der Waals surface area contributed by atoms with Crippen LogP contribution in [0, 0.1) is 0 Å². The molecule has 0 bridgehead atoms. The second kappa shape index (κ2) is 7.00. The molecular formula is C20H22N6O3. The fourth-order valence-electron chi connectivity index (χ4n) is 4.29. The number of H-pyrrole nitrogens is 1. The normalized spacial score (nSPS) is 21.0.